The fourth-order valence-corrected chi connectivity index (χ4v) is 5.23. The molecule has 1 amide bonds. The Balaban J connectivity index is 1.80. The zero-order valence-corrected chi connectivity index (χ0v) is 22.9. The zero-order chi connectivity index (χ0) is 27.1. The second kappa shape index (κ2) is 9.97. The molecule has 4 rings (SSSR count). The number of hydrogen-bond donors (Lipinski definition) is 2. The number of halogens is 1. The van der Waals surface area contributed by atoms with Crippen LogP contribution in [0.15, 0.2) is 54.7 Å². The number of aromatic nitrogens is 1. The number of anilines is 2. The molecule has 0 unspecified atom stereocenters. The second-order valence-corrected chi connectivity index (χ2v) is 10.9. The molecule has 1 saturated heterocycles. The lowest BCUT2D eigenvalue weighted by Crippen LogP contribution is -2.42. The number of aryl methyl sites for hydroxylation is 1. The number of β-amino-alcohol motifs (C(OH)–C–C–N with tert-alkyl or cyclic N) is 1. The minimum Gasteiger partial charge on any atom is -0.497 e. The number of nitrogens with zero attached hydrogens (tertiary/aromatic N) is 3. The van der Waals surface area contributed by atoms with E-state index < -0.39 is 17.2 Å². The highest BCUT2D eigenvalue weighted by molar-refractivity contribution is 6.30. The van der Waals surface area contributed by atoms with E-state index in [-0.39, 0.29) is 18.9 Å². The van der Waals surface area contributed by atoms with Crippen LogP contribution in [0, 0.1) is 6.92 Å². The second-order valence-electron chi connectivity index (χ2n) is 10.4. The molecule has 2 N–H and O–H groups in total. The zero-order valence-electron chi connectivity index (χ0n) is 22.1. The third-order valence-electron chi connectivity index (χ3n) is 7.21. The SMILES string of the molecule is COc1cc(Cl)cc(C(C)(C)C(=O)N(C)c2cnc(N3C[C@H](O)C[C@]3(C)O)cc2-c2ccccc2C)c1. The number of ether oxygens (including phenoxy) is 1. The van der Waals surface area contributed by atoms with Crippen LogP contribution in [0.4, 0.5) is 11.5 Å². The normalized spacial score (nSPS) is 19.7. The minimum absolute atomic E-state index is 0.148. The van der Waals surface area contributed by atoms with Crippen molar-refractivity contribution in [2.24, 2.45) is 0 Å². The minimum atomic E-state index is -1.23. The van der Waals surface area contributed by atoms with Gasteiger partial charge in [0.2, 0.25) is 5.91 Å². The number of carbonyl (C=O) groups excluding carboxylic acids is 1. The van der Waals surface area contributed by atoms with Crippen molar-refractivity contribution in [2.45, 2.75) is 51.4 Å². The number of methoxy groups -OCH3 is 1. The largest absolute Gasteiger partial charge is 0.497 e. The molecule has 3 aromatic rings. The highest BCUT2D eigenvalue weighted by Crippen LogP contribution is 2.40. The summed E-state index contributed by atoms with van der Waals surface area (Å²) in [7, 11) is 3.30. The van der Waals surface area contributed by atoms with Crippen LogP contribution >= 0.6 is 11.6 Å². The molecular weight excluding hydrogens is 490 g/mol. The number of pyridine rings is 1. The van der Waals surface area contributed by atoms with Crippen LogP contribution in [0.25, 0.3) is 11.1 Å². The number of amides is 1. The molecule has 8 heteroatoms. The molecule has 196 valence electrons. The van der Waals surface area contributed by atoms with E-state index in [2.05, 4.69) is 4.98 Å². The third kappa shape index (κ3) is 5.17. The smallest absolute Gasteiger partial charge is 0.236 e. The summed E-state index contributed by atoms with van der Waals surface area (Å²) in [6, 6.07) is 15.1. The molecule has 2 heterocycles. The van der Waals surface area contributed by atoms with Gasteiger partial charge in [0, 0.05) is 30.6 Å². The van der Waals surface area contributed by atoms with Gasteiger partial charge in [-0.3, -0.25) is 4.79 Å². The first-order chi connectivity index (χ1) is 17.3. The van der Waals surface area contributed by atoms with Crippen LogP contribution in [0.1, 0.15) is 38.3 Å². The highest BCUT2D eigenvalue weighted by Gasteiger charge is 2.41. The number of aliphatic hydroxyl groups excluding tert-OH is 1. The summed E-state index contributed by atoms with van der Waals surface area (Å²) < 4.78 is 5.37. The summed E-state index contributed by atoms with van der Waals surface area (Å²) in [4.78, 5) is 21.9. The van der Waals surface area contributed by atoms with Crippen LogP contribution in [-0.2, 0) is 10.2 Å². The van der Waals surface area contributed by atoms with E-state index in [0.717, 1.165) is 22.3 Å². The van der Waals surface area contributed by atoms with Crippen molar-refractivity contribution in [3.8, 4) is 16.9 Å². The molecule has 2 atom stereocenters. The van der Waals surface area contributed by atoms with Gasteiger partial charge >= 0.3 is 0 Å². The Morgan fingerprint density at radius 2 is 1.92 bits per heavy atom. The van der Waals surface area contributed by atoms with E-state index in [1.54, 1.807) is 49.2 Å². The Labute approximate surface area is 223 Å². The molecule has 1 aromatic heterocycles. The van der Waals surface area contributed by atoms with Gasteiger partial charge in [-0.25, -0.2) is 4.98 Å². The number of carbonyl (C=O) groups is 1. The van der Waals surface area contributed by atoms with E-state index in [4.69, 9.17) is 16.3 Å². The maximum Gasteiger partial charge on any atom is 0.236 e. The van der Waals surface area contributed by atoms with Gasteiger partial charge < -0.3 is 24.7 Å². The molecular formula is C29H34ClN3O4. The quantitative estimate of drug-likeness (QED) is 0.476. The first-order valence-electron chi connectivity index (χ1n) is 12.2. The Morgan fingerprint density at radius 3 is 2.54 bits per heavy atom. The molecule has 1 aliphatic rings. The first kappa shape index (κ1) is 26.9. The Kier molecular flexibility index (Phi) is 7.25. The maximum atomic E-state index is 14.0. The summed E-state index contributed by atoms with van der Waals surface area (Å²) in [6.07, 6.45) is 1.23. The summed E-state index contributed by atoms with van der Waals surface area (Å²) in [5.41, 5.74) is 2.00. The lowest BCUT2D eigenvalue weighted by atomic mass is 9.83. The molecule has 0 saturated carbocycles. The molecule has 0 bridgehead atoms. The summed E-state index contributed by atoms with van der Waals surface area (Å²) in [5.74, 6) is 0.963. The highest BCUT2D eigenvalue weighted by atomic mass is 35.5. The third-order valence-corrected chi connectivity index (χ3v) is 7.42. The summed E-state index contributed by atoms with van der Waals surface area (Å²) in [6.45, 7) is 7.66. The summed E-state index contributed by atoms with van der Waals surface area (Å²) >= 11 is 6.31. The fraction of sp³-hybridized carbons (Fsp3) is 0.379. The van der Waals surface area contributed by atoms with E-state index >= 15 is 0 Å². The molecule has 0 spiro atoms. The van der Waals surface area contributed by atoms with Crippen molar-refractivity contribution in [3.63, 3.8) is 0 Å². The predicted octanol–water partition coefficient (Wildman–Crippen LogP) is 4.94. The van der Waals surface area contributed by atoms with Gasteiger partial charge in [-0.1, -0.05) is 35.9 Å². The van der Waals surface area contributed by atoms with Crippen LogP contribution in [0.2, 0.25) is 5.02 Å². The van der Waals surface area contributed by atoms with Crippen molar-refractivity contribution in [3.05, 3.63) is 70.9 Å². The van der Waals surface area contributed by atoms with Crippen molar-refractivity contribution in [2.75, 3.05) is 30.5 Å². The van der Waals surface area contributed by atoms with Crippen LogP contribution in [0.3, 0.4) is 0 Å². The van der Waals surface area contributed by atoms with Crippen molar-refractivity contribution >= 4 is 29.0 Å². The van der Waals surface area contributed by atoms with E-state index in [1.165, 1.54) is 0 Å². The van der Waals surface area contributed by atoms with E-state index in [0.29, 0.717) is 22.3 Å². The molecule has 0 radical (unpaired) electrons. The number of hydrogen-bond acceptors (Lipinski definition) is 6. The van der Waals surface area contributed by atoms with Gasteiger partial charge in [-0.05, 0) is 68.7 Å². The van der Waals surface area contributed by atoms with Crippen molar-refractivity contribution in [1.82, 2.24) is 4.98 Å². The molecule has 1 aliphatic heterocycles. The van der Waals surface area contributed by atoms with Crippen molar-refractivity contribution in [1.29, 1.82) is 0 Å². The van der Waals surface area contributed by atoms with E-state index in [1.807, 2.05) is 57.2 Å². The Hall–Kier alpha value is -3.13. The standard InChI is InChI=1S/C29H34ClN3O4/c1-18-9-7-8-10-23(18)24-14-26(33-17-21(34)15-29(33,4)36)31-16-25(24)32(5)27(35)28(2,3)19-11-20(30)13-22(12-19)37-6/h7-14,16,21,34,36H,15,17H2,1-6H3/t21-,29+/m1/s1. The lowest BCUT2D eigenvalue weighted by molar-refractivity contribution is -0.122. The Morgan fingerprint density at radius 1 is 1.22 bits per heavy atom. The average molecular weight is 524 g/mol. The molecule has 0 aliphatic carbocycles. The van der Waals surface area contributed by atoms with Gasteiger partial charge in [-0.2, -0.15) is 0 Å². The fourth-order valence-electron chi connectivity index (χ4n) is 5.01. The average Bonchev–Trinajstić information content (AvgIpc) is 3.14. The molecule has 1 fully saturated rings. The molecule has 37 heavy (non-hydrogen) atoms. The number of benzene rings is 2. The number of rotatable bonds is 6. The van der Waals surface area contributed by atoms with Gasteiger partial charge in [0.25, 0.3) is 0 Å². The first-order valence-corrected chi connectivity index (χ1v) is 12.6. The van der Waals surface area contributed by atoms with Gasteiger partial charge in [0.15, 0.2) is 0 Å². The lowest BCUT2D eigenvalue weighted by Gasteiger charge is -2.33. The van der Waals surface area contributed by atoms with Gasteiger partial charge in [-0.15, -0.1) is 0 Å². The van der Waals surface area contributed by atoms with Crippen LogP contribution in [0.5, 0.6) is 5.75 Å². The van der Waals surface area contributed by atoms with Crippen molar-refractivity contribution < 1.29 is 19.7 Å². The predicted molar refractivity (Wildman–Crippen MR) is 147 cm³/mol. The van der Waals surface area contributed by atoms with E-state index in [9.17, 15) is 15.0 Å². The van der Waals surface area contributed by atoms with Gasteiger partial charge in [0.1, 0.15) is 17.3 Å². The Bertz CT molecular complexity index is 1320. The van der Waals surface area contributed by atoms with Gasteiger partial charge in [0.05, 0.1) is 30.5 Å². The number of aliphatic hydroxyl groups is 2. The number of likely N-dealkylation sites (N-methyl/N-ethyl adjacent to an activating group) is 1. The molecule has 2 aromatic carbocycles. The monoisotopic (exact) mass is 523 g/mol. The van der Waals surface area contributed by atoms with Crippen LogP contribution in [-0.4, -0.2) is 53.6 Å². The maximum absolute atomic E-state index is 14.0. The topological polar surface area (TPSA) is 86.1 Å². The molecule has 7 nitrogen and oxygen atoms in total. The summed E-state index contributed by atoms with van der Waals surface area (Å²) in [5, 5.41) is 21.6. The van der Waals surface area contributed by atoms with Crippen LogP contribution < -0.4 is 14.5 Å².